The highest BCUT2D eigenvalue weighted by Crippen LogP contribution is 2.30. The maximum Gasteiger partial charge on any atom is 0.0279 e. The fourth-order valence-electron chi connectivity index (χ4n) is 3.08. The molecule has 2 aromatic rings. The summed E-state index contributed by atoms with van der Waals surface area (Å²) in [6.45, 7) is 9.48. The molecule has 0 fully saturated rings. The second-order valence-electron chi connectivity index (χ2n) is 5.49. The SMILES string of the molecule is Cc1cc(C(CN)c2ccccc2)c(C)n1C(C)C. The zero-order valence-corrected chi connectivity index (χ0v) is 12.4. The molecule has 0 saturated carbocycles. The van der Waals surface area contributed by atoms with Crippen molar-refractivity contribution < 1.29 is 0 Å². The Labute approximate surface area is 116 Å². The van der Waals surface area contributed by atoms with Gasteiger partial charge in [-0.2, -0.15) is 0 Å². The lowest BCUT2D eigenvalue weighted by atomic mass is 9.91. The van der Waals surface area contributed by atoms with E-state index in [-0.39, 0.29) is 0 Å². The quantitative estimate of drug-likeness (QED) is 0.886. The predicted molar refractivity (Wildman–Crippen MR) is 81.6 cm³/mol. The van der Waals surface area contributed by atoms with Crippen molar-refractivity contribution in [2.24, 2.45) is 5.73 Å². The molecule has 0 spiro atoms. The molecular weight excluding hydrogens is 232 g/mol. The molecule has 1 aromatic heterocycles. The second kappa shape index (κ2) is 5.62. The largest absolute Gasteiger partial charge is 0.346 e. The van der Waals surface area contributed by atoms with E-state index in [2.05, 4.69) is 68.7 Å². The normalized spacial score (nSPS) is 12.9. The van der Waals surface area contributed by atoms with E-state index in [1.165, 1.54) is 22.5 Å². The van der Waals surface area contributed by atoms with Crippen molar-refractivity contribution in [2.75, 3.05) is 6.54 Å². The van der Waals surface area contributed by atoms with E-state index in [1.807, 2.05) is 0 Å². The smallest absolute Gasteiger partial charge is 0.0279 e. The Morgan fingerprint density at radius 2 is 1.74 bits per heavy atom. The molecule has 1 aromatic carbocycles. The van der Waals surface area contributed by atoms with Crippen LogP contribution in [0.15, 0.2) is 36.4 Å². The van der Waals surface area contributed by atoms with Gasteiger partial charge < -0.3 is 10.3 Å². The molecule has 2 nitrogen and oxygen atoms in total. The zero-order valence-electron chi connectivity index (χ0n) is 12.4. The second-order valence-corrected chi connectivity index (χ2v) is 5.49. The van der Waals surface area contributed by atoms with Gasteiger partial charge in [0.2, 0.25) is 0 Å². The van der Waals surface area contributed by atoms with Gasteiger partial charge in [-0.3, -0.25) is 0 Å². The third kappa shape index (κ3) is 2.59. The van der Waals surface area contributed by atoms with Crippen molar-refractivity contribution in [2.45, 2.75) is 39.7 Å². The number of benzene rings is 1. The lowest BCUT2D eigenvalue weighted by Crippen LogP contribution is -2.15. The molecule has 2 N–H and O–H groups in total. The zero-order chi connectivity index (χ0) is 14.0. The van der Waals surface area contributed by atoms with E-state index < -0.39 is 0 Å². The lowest BCUT2D eigenvalue weighted by molar-refractivity contribution is 0.571. The van der Waals surface area contributed by atoms with Crippen LogP contribution in [0, 0.1) is 13.8 Å². The first kappa shape index (κ1) is 13.9. The van der Waals surface area contributed by atoms with Crippen molar-refractivity contribution in [1.29, 1.82) is 0 Å². The van der Waals surface area contributed by atoms with Crippen LogP contribution in [-0.4, -0.2) is 11.1 Å². The summed E-state index contributed by atoms with van der Waals surface area (Å²) in [6, 6.07) is 13.3. The highest BCUT2D eigenvalue weighted by atomic mass is 15.0. The van der Waals surface area contributed by atoms with E-state index in [1.54, 1.807) is 0 Å². The van der Waals surface area contributed by atoms with Crippen molar-refractivity contribution in [3.05, 3.63) is 58.9 Å². The first-order valence-corrected chi connectivity index (χ1v) is 6.99. The standard InChI is InChI=1S/C17H24N2/c1-12(2)19-13(3)10-16(14(19)4)17(11-18)15-8-6-5-7-9-15/h5-10,12,17H,11,18H2,1-4H3. The van der Waals surface area contributed by atoms with Crippen LogP contribution in [0.2, 0.25) is 0 Å². The van der Waals surface area contributed by atoms with Gasteiger partial charge in [-0.1, -0.05) is 30.3 Å². The summed E-state index contributed by atoms with van der Waals surface area (Å²) in [4.78, 5) is 0. The average molecular weight is 256 g/mol. The van der Waals surface area contributed by atoms with Crippen molar-refractivity contribution in [1.82, 2.24) is 4.57 Å². The molecule has 2 heteroatoms. The Morgan fingerprint density at radius 1 is 1.11 bits per heavy atom. The van der Waals surface area contributed by atoms with Crippen LogP contribution in [-0.2, 0) is 0 Å². The topological polar surface area (TPSA) is 30.9 Å². The third-order valence-electron chi connectivity index (χ3n) is 3.85. The van der Waals surface area contributed by atoms with Crippen LogP contribution in [0.4, 0.5) is 0 Å². The molecule has 1 atom stereocenters. The Hall–Kier alpha value is -1.54. The van der Waals surface area contributed by atoms with Gasteiger partial charge in [0.15, 0.2) is 0 Å². The molecule has 0 bridgehead atoms. The maximum atomic E-state index is 6.03. The van der Waals surface area contributed by atoms with Crippen molar-refractivity contribution >= 4 is 0 Å². The molecular formula is C17H24N2. The van der Waals surface area contributed by atoms with Crippen LogP contribution < -0.4 is 5.73 Å². The number of nitrogens with two attached hydrogens (primary N) is 1. The van der Waals surface area contributed by atoms with Gasteiger partial charge in [0.05, 0.1) is 0 Å². The first-order valence-electron chi connectivity index (χ1n) is 6.99. The van der Waals surface area contributed by atoms with Gasteiger partial charge >= 0.3 is 0 Å². The van der Waals surface area contributed by atoms with E-state index >= 15 is 0 Å². The molecule has 0 aliphatic rings. The summed E-state index contributed by atoms with van der Waals surface area (Å²) in [7, 11) is 0. The van der Waals surface area contributed by atoms with E-state index in [0.717, 1.165) is 0 Å². The fraction of sp³-hybridized carbons (Fsp3) is 0.412. The van der Waals surface area contributed by atoms with E-state index in [0.29, 0.717) is 18.5 Å². The first-order chi connectivity index (χ1) is 9.06. The molecule has 1 heterocycles. The number of hydrogen-bond acceptors (Lipinski definition) is 1. The summed E-state index contributed by atoms with van der Waals surface area (Å²) in [5.74, 6) is 0.292. The Kier molecular flexibility index (Phi) is 4.11. The number of rotatable bonds is 4. The van der Waals surface area contributed by atoms with Gasteiger partial charge in [-0.25, -0.2) is 0 Å². The van der Waals surface area contributed by atoms with Crippen LogP contribution >= 0.6 is 0 Å². The average Bonchev–Trinajstić information content (AvgIpc) is 2.67. The van der Waals surface area contributed by atoms with Crippen molar-refractivity contribution in [3.63, 3.8) is 0 Å². The monoisotopic (exact) mass is 256 g/mol. The minimum absolute atomic E-state index is 0.292. The third-order valence-corrected chi connectivity index (χ3v) is 3.85. The molecule has 0 radical (unpaired) electrons. The number of hydrogen-bond donors (Lipinski definition) is 1. The number of aryl methyl sites for hydroxylation is 1. The molecule has 1 unspecified atom stereocenters. The van der Waals surface area contributed by atoms with Gasteiger partial charge in [0.25, 0.3) is 0 Å². The van der Waals surface area contributed by atoms with Crippen molar-refractivity contribution in [3.8, 4) is 0 Å². The fourth-order valence-corrected chi connectivity index (χ4v) is 3.08. The maximum absolute atomic E-state index is 6.03. The van der Waals surface area contributed by atoms with Crippen LogP contribution in [0.1, 0.15) is 48.3 Å². The summed E-state index contributed by atoms with van der Waals surface area (Å²) in [5, 5.41) is 0. The van der Waals surface area contributed by atoms with Gasteiger partial charge in [0.1, 0.15) is 0 Å². The summed E-state index contributed by atoms with van der Waals surface area (Å²) in [6.07, 6.45) is 0. The Balaban J connectivity index is 2.48. The molecule has 0 saturated heterocycles. The molecule has 0 amide bonds. The lowest BCUT2D eigenvalue weighted by Gasteiger charge is -2.18. The molecule has 19 heavy (non-hydrogen) atoms. The predicted octanol–water partition coefficient (Wildman–Crippen LogP) is 3.78. The Morgan fingerprint density at radius 3 is 2.21 bits per heavy atom. The molecule has 0 aliphatic heterocycles. The minimum Gasteiger partial charge on any atom is -0.346 e. The van der Waals surface area contributed by atoms with Gasteiger partial charge in [0, 0.05) is 29.9 Å². The van der Waals surface area contributed by atoms with E-state index in [4.69, 9.17) is 5.73 Å². The summed E-state index contributed by atoms with van der Waals surface area (Å²) < 4.78 is 2.39. The van der Waals surface area contributed by atoms with Crippen LogP contribution in [0.25, 0.3) is 0 Å². The molecule has 0 aliphatic carbocycles. The number of nitrogens with zero attached hydrogens (tertiary/aromatic N) is 1. The van der Waals surface area contributed by atoms with Crippen LogP contribution in [0.5, 0.6) is 0 Å². The minimum atomic E-state index is 0.292. The Bertz CT molecular complexity index is 538. The highest BCUT2D eigenvalue weighted by molar-refractivity contribution is 5.38. The molecule has 102 valence electrons. The van der Waals surface area contributed by atoms with E-state index in [9.17, 15) is 0 Å². The number of aromatic nitrogens is 1. The van der Waals surface area contributed by atoms with Gasteiger partial charge in [-0.15, -0.1) is 0 Å². The van der Waals surface area contributed by atoms with Crippen LogP contribution in [0.3, 0.4) is 0 Å². The summed E-state index contributed by atoms with van der Waals surface area (Å²) >= 11 is 0. The molecule has 2 rings (SSSR count). The van der Waals surface area contributed by atoms with Gasteiger partial charge in [-0.05, 0) is 44.9 Å². The summed E-state index contributed by atoms with van der Waals surface area (Å²) in [5.41, 5.74) is 11.3. The highest BCUT2D eigenvalue weighted by Gasteiger charge is 2.19.